The Bertz CT molecular complexity index is 714. The Morgan fingerprint density at radius 3 is 2.67 bits per heavy atom. The van der Waals surface area contributed by atoms with Crippen molar-refractivity contribution < 1.29 is 17.9 Å². The molecule has 1 aliphatic heterocycles. The lowest BCUT2D eigenvalue weighted by atomic mass is 9.92. The van der Waals surface area contributed by atoms with Crippen LogP contribution in [0, 0.1) is 0 Å². The topological polar surface area (TPSA) is 63.7 Å². The first-order valence-electron chi connectivity index (χ1n) is 8.84. The second-order valence-corrected chi connectivity index (χ2v) is 8.41. The van der Waals surface area contributed by atoms with Gasteiger partial charge < -0.3 is 4.74 Å². The zero-order valence-electron chi connectivity index (χ0n) is 14.2. The smallest absolute Gasteiger partial charge is 0.324 e. The van der Waals surface area contributed by atoms with Crippen molar-refractivity contribution in [3.8, 4) is 0 Å². The molecule has 6 heteroatoms. The molecule has 0 bridgehead atoms. The molecular formula is C18H25NO4S. The van der Waals surface area contributed by atoms with Gasteiger partial charge in [-0.2, -0.15) is 4.31 Å². The lowest BCUT2D eigenvalue weighted by Gasteiger charge is -2.33. The normalized spacial score (nSPS) is 22.0. The highest BCUT2D eigenvalue weighted by Gasteiger charge is 2.38. The van der Waals surface area contributed by atoms with Gasteiger partial charge in [0.2, 0.25) is 10.0 Å². The number of ether oxygens (including phenoxy) is 1. The van der Waals surface area contributed by atoms with Gasteiger partial charge in [0.25, 0.3) is 0 Å². The zero-order chi connectivity index (χ0) is 17.2. The van der Waals surface area contributed by atoms with Crippen molar-refractivity contribution in [2.24, 2.45) is 0 Å². The average Bonchev–Trinajstić information content (AvgIpc) is 2.61. The van der Waals surface area contributed by atoms with E-state index in [9.17, 15) is 13.2 Å². The molecule has 2 aliphatic rings. The summed E-state index contributed by atoms with van der Waals surface area (Å²) in [6.07, 6.45) is 6.37. The Hall–Kier alpha value is -1.40. The van der Waals surface area contributed by atoms with E-state index in [0.717, 1.165) is 44.1 Å². The van der Waals surface area contributed by atoms with Crippen LogP contribution in [-0.2, 0) is 32.4 Å². The molecule has 0 N–H and O–H groups in total. The number of esters is 1. The number of hydrogen-bond donors (Lipinski definition) is 0. The number of carbonyl (C=O) groups is 1. The highest BCUT2D eigenvalue weighted by Crippen LogP contribution is 2.29. The second-order valence-electron chi connectivity index (χ2n) is 6.52. The van der Waals surface area contributed by atoms with E-state index < -0.39 is 22.0 Å². The van der Waals surface area contributed by atoms with Crippen LogP contribution in [0.25, 0.3) is 0 Å². The Morgan fingerprint density at radius 1 is 1.17 bits per heavy atom. The van der Waals surface area contributed by atoms with Gasteiger partial charge >= 0.3 is 5.97 Å². The van der Waals surface area contributed by atoms with Crippen molar-refractivity contribution in [1.82, 2.24) is 4.31 Å². The van der Waals surface area contributed by atoms with Crippen molar-refractivity contribution in [3.05, 3.63) is 29.3 Å². The number of benzene rings is 1. The maximum absolute atomic E-state index is 13.1. The maximum atomic E-state index is 13.1. The summed E-state index contributed by atoms with van der Waals surface area (Å²) in [6, 6.07) is 4.74. The fraction of sp³-hybridized carbons (Fsp3) is 0.611. The standard InChI is InChI=1S/C18H25NO4S/c1-2-23-18(20)17-9-5-6-12-19(17)24(21,22)16-11-10-14-7-3-4-8-15(14)13-16/h10-11,13,17H,2-9,12H2,1H3. The molecule has 5 nitrogen and oxygen atoms in total. The Kier molecular flexibility index (Phi) is 5.25. The van der Waals surface area contributed by atoms with Crippen LogP contribution in [0.15, 0.2) is 23.1 Å². The summed E-state index contributed by atoms with van der Waals surface area (Å²) in [5.74, 6) is -0.432. The summed E-state index contributed by atoms with van der Waals surface area (Å²) in [5, 5.41) is 0. The molecule has 24 heavy (non-hydrogen) atoms. The summed E-state index contributed by atoms with van der Waals surface area (Å²) in [5.41, 5.74) is 2.38. The van der Waals surface area contributed by atoms with Crippen molar-refractivity contribution in [3.63, 3.8) is 0 Å². The van der Waals surface area contributed by atoms with Crippen molar-refractivity contribution in [1.29, 1.82) is 0 Å². The highest BCUT2D eigenvalue weighted by atomic mass is 32.2. The molecule has 132 valence electrons. The molecule has 1 aromatic rings. The van der Waals surface area contributed by atoms with Gasteiger partial charge in [-0.3, -0.25) is 4.79 Å². The molecule has 0 aromatic heterocycles. The third-order valence-corrected chi connectivity index (χ3v) is 6.84. The molecule has 0 amide bonds. The molecule has 3 rings (SSSR count). The molecular weight excluding hydrogens is 326 g/mol. The summed E-state index contributed by atoms with van der Waals surface area (Å²) in [7, 11) is -3.68. The number of fused-ring (bicyclic) bond motifs is 1. The van der Waals surface area contributed by atoms with E-state index in [0.29, 0.717) is 17.9 Å². The summed E-state index contributed by atoms with van der Waals surface area (Å²) < 4.78 is 32.7. The lowest BCUT2D eigenvalue weighted by Crippen LogP contribution is -2.48. The molecule has 1 heterocycles. The van der Waals surface area contributed by atoms with Crippen molar-refractivity contribution >= 4 is 16.0 Å². The fourth-order valence-corrected chi connectivity index (χ4v) is 5.37. The number of hydrogen-bond acceptors (Lipinski definition) is 4. The van der Waals surface area contributed by atoms with Gasteiger partial charge in [-0.15, -0.1) is 0 Å². The Balaban J connectivity index is 1.91. The fourth-order valence-electron chi connectivity index (χ4n) is 3.67. The minimum Gasteiger partial charge on any atom is -0.465 e. The van der Waals surface area contributed by atoms with Gasteiger partial charge in [-0.05, 0) is 75.1 Å². The Labute approximate surface area is 144 Å². The largest absolute Gasteiger partial charge is 0.465 e. The van der Waals surface area contributed by atoms with Gasteiger partial charge in [-0.1, -0.05) is 6.07 Å². The molecule has 1 aliphatic carbocycles. The van der Waals surface area contributed by atoms with E-state index in [1.54, 1.807) is 19.1 Å². The van der Waals surface area contributed by atoms with Crippen molar-refractivity contribution in [2.75, 3.05) is 13.2 Å². The number of aryl methyl sites for hydroxylation is 2. The number of sulfonamides is 1. The lowest BCUT2D eigenvalue weighted by molar-refractivity contribution is -0.148. The summed E-state index contributed by atoms with van der Waals surface area (Å²) in [6.45, 7) is 2.38. The average molecular weight is 351 g/mol. The molecule has 0 radical (unpaired) electrons. The first kappa shape index (κ1) is 17.4. The number of carbonyl (C=O) groups excluding carboxylic acids is 1. The third kappa shape index (κ3) is 3.35. The van der Waals surface area contributed by atoms with Crippen LogP contribution in [0.1, 0.15) is 50.2 Å². The molecule has 0 spiro atoms. The predicted molar refractivity (Wildman–Crippen MR) is 91.2 cm³/mol. The van der Waals surface area contributed by atoms with Crippen LogP contribution in [0.4, 0.5) is 0 Å². The Morgan fingerprint density at radius 2 is 1.92 bits per heavy atom. The quantitative estimate of drug-likeness (QED) is 0.783. The van der Waals surface area contributed by atoms with E-state index in [4.69, 9.17) is 4.74 Å². The molecule has 1 unspecified atom stereocenters. The van der Waals surface area contributed by atoms with E-state index in [2.05, 4.69) is 0 Å². The van der Waals surface area contributed by atoms with Crippen LogP contribution < -0.4 is 0 Å². The molecule has 1 aromatic carbocycles. The monoisotopic (exact) mass is 351 g/mol. The van der Waals surface area contributed by atoms with E-state index in [1.807, 2.05) is 6.07 Å². The van der Waals surface area contributed by atoms with E-state index in [1.165, 1.54) is 9.87 Å². The third-order valence-electron chi connectivity index (χ3n) is 4.94. The molecule has 1 fully saturated rings. The summed E-state index contributed by atoms with van der Waals surface area (Å²) >= 11 is 0. The van der Waals surface area contributed by atoms with E-state index in [-0.39, 0.29) is 6.61 Å². The van der Waals surface area contributed by atoms with Gasteiger partial charge in [0.1, 0.15) is 6.04 Å². The second kappa shape index (κ2) is 7.23. The van der Waals surface area contributed by atoms with Crippen LogP contribution in [0.2, 0.25) is 0 Å². The van der Waals surface area contributed by atoms with Gasteiger partial charge in [0.05, 0.1) is 11.5 Å². The summed E-state index contributed by atoms with van der Waals surface area (Å²) in [4.78, 5) is 12.5. The zero-order valence-corrected chi connectivity index (χ0v) is 15.0. The van der Waals surface area contributed by atoms with Gasteiger partial charge in [-0.25, -0.2) is 8.42 Å². The van der Waals surface area contributed by atoms with E-state index >= 15 is 0 Å². The first-order chi connectivity index (χ1) is 11.5. The SMILES string of the molecule is CCOC(=O)C1CCCCN1S(=O)(=O)c1ccc2c(c1)CCCC2. The minimum atomic E-state index is -3.68. The van der Waals surface area contributed by atoms with Crippen LogP contribution >= 0.6 is 0 Å². The van der Waals surface area contributed by atoms with Gasteiger partial charge in [0.15, 0.2) is 0 Å². The van der Waals surface area contributed by atoms with Gasteiger partial charge in [0, 0.05) is 6.54 Å². The van der Waals surface area contributed by atoms with Crippen LogP contribution in [0.3, 0.4) is 0 Å². The predicted octanol–water partition coefficient (Wildman–Crippen LogP) is 2.67. The highest BCUT2D eigenvalue weighted by molar-refractivity contribution is 7.89. The van der Waals surface area contributed by atoms with Crippen molar-refractivity contribution in [2.45, 2.75) is 62.8 Å². The first-order valence-corrected chi connectivity index (χ1v) is 10.3. The molecule has 0 saturated carbocycles. The van der Waals surface area contributed by atoms with Crippen LogP contribution in [0.5, 0.6) is 0 Å². The number of nitrogens with zero attached hydrogens (tertiary/aromatic N) is 1. The molecule has 1 atom stereocenters. The number of piperidine rings is 1. The van der Waals surface area contributed by atoms with Crippen LogP contribution in [-0.4, -0.2) is 37.9 Å². The number of rotatable bonds is 4. The maximum Gasteiger partial charge on any atom is 0.324 e. The minimum absolute atomic E-state index is 0.266. The molecule has 1 saturated heterocycles.